The highest BCUT2D eigenvalue weighted by Gasteiger charge is 2.23. The molecule has 96 valence electrons. The van der Waals surface area contributed by atoms with Gasteiger partial charge in [0, 0.05) is 10.6 Å². The van der Waals surface area contributed by atoms with E-state index in [1.54, 1.807) is 0 Å². The quantitative estimate of drug-likeness (QED) is 0.328. The number of nitrogens with two attached hydrogens (primary N) is 1. The lowest BCUT2D eigenvalue weighted by Gasteiger charge is -2.09. The summed E-state index contributed by atoms with van der Waals surface area (Å²) in [6, 6.07) is 7.99. The Morgan fingerprint density at radius 1 is 1.44 bits per heavy atom. The summed E-state index contributed by atoms with van der Waals surface area (Å²) < 4.78 is 0. The Balaban J connectivity index is 1.95. The molecule has 1 aliphatic rings. The van der Waals surface area contributed by atoms with E-state index in [0.717, 1.165) is 36.8 Å². The van der Waals surface area contributed by atoms with Crippen LogP contribution in [0.15, 0.2) is 34.6 Å². The Kier molecular flexibility index (Phi) is 4.81. The number of nitrogens with zero attached hydrogens (tertiary/aromatic N) is 2. The van der Waals surface area contributed by atoms with Crippen molar-refractivity contribution in [2.75, 3.05) is 6.54 Å². The third-order valence-corrected chi connectivity index (χ3v) is 3.29. The number of benzene rings is 1. The summed E-state index contributed by atoms with van der Waals surface area (Å²) in [4.78, 5) is 0. The Morgan fingerprint density at radius 3 is 2.83 bits per heavy atom. The first kappa shape index (κ1) is 13.1. The molecule has 5 nitrogen and oxygen atoms in total. The first-order valence-electron chi connectivity index (χ1n) is 6.05. The van der Waals surface area contributed by atoms with Crippen molar-refractivity contribution in [3.63, 3.8) is 0 Å². The molecule has 2 rings (SSSR count). The maximum atomic E-state index is 6.88. The van der Waals surface area contributed by atoms with Gasteiger partial charge in [0.1, 0.15) is 12.6 Å². The standard InChI is InChI=1S/C12H16ClN5/c13-10-5-3-9(4-6-10)8-16-12(17-18-14)11-2-1-7-15-11/h3-6,11,15H,1-2,7-8H2,(H2,14,16,17)/p+1/t11-/m1/s1. The molecule has 6 heteroatoms. The third kappa shape index (κ3) is 3.60. The zero-order chi connectivity index (χ0) is 12.8. The molecule has 1 fully saturated rings. The average molecular weight is 267 g/mol. The van der Waals surface area contributed by atoms with Crippen LogP contribution >= 0.6 is 11.6 Å². The van der Waals surface area contributed by atoms with Crippen LogP contribution in [-0.2, 0) is 6.54 Å². The SMILES string of the molecule is N=N/N=C(\[NH2+]Cc1ccc(Cl)cc1)[C@H]1CCCN1. The van der Waals surface area contributed by atoms with Crippen LogP contribution < -0.4 is 10.6 Å². The summed E-state index contributed by atoms with van der Waals surface area (Å²) in [5.41, 5.74) is 8.06. The molecular formula is C12H17ClN5+. The fourth-order valence-corrected chi connectivity index (χ4v) is 2.22. The number of nitrogens with one attached hydrogen (secondary N) is 2. The molecule has 1 heterocycles. The lowest BCUT2D eigenvalue weighted by atomic mass is 10.2. The number of hydrogen-bond donors (Lipinski definition) is 3. The fourth-order valence-electron chi connectivity index (χ4n) is 2.09. The predicted octanol–water partition coefficient (Wildman–Crippen LogP) is 1.50. The summed E-state index contributed by atoms with van der Waals surface area (Å²) in [6.45, 7) is 1.79. The average Bonchev–Trinajstić information content (AvgIpc) is 2.90. The van der Waals surface area contributed by atoms with Gasteiger partial charge in [-0.2, -0.15) is 5.53 Å². The van der Waals surface area contributed by atoms with Crippen LogP contribution in [0, 0.1) is 5.53 Å². The number of rotatable bonds is 4. The van der Waals surface area contributed by atoms with E-state index in [1.807, 2.05) is 29.6 Å². The van der Waals surface area contributed by atoms with Gasteiger partial charge in [0.05, 0.1) is 0 Å². The van der Waals surface area contributed by atoms with E-state index in [-0.39, 0.29) is 6.04 Å². The second kappa shape index (κ2) is 6.58. The topological polar surface area (TPSA) is 77.2 Å². The molecule has 1 aromatic carbocycles. The minimum Gasteiger partial charge on any atom is -0.304 e. The summed E-state index contributed by atoms with van der Waals surface area (Å²) in [7, 11) is 0. The first-order valence-corrected chi connectivity index (χ1v) is 6.43. The second-order valence-corrected chi connectivity index (χ2v) is 4.74. The molecule has 0 unspecified atom stereocenters. The monoisotopic (exact) mass is 266 g/mol. The molecule has 18 heavy (non-hydrogen) atoms. The summed E-state index contributed by atoms with van der Waals surface area (Å²) in [6.07, 6.45) is 2.21. The van der Waals surface area contributed by atoms with Crippen LogP contribution in [0.3, 0.4) is 0 Å². The molecule has 0 radical (unpaired) electrons. The number of amidine groups is 1. The smallest absolute Gasteiger partial charge is 0.238 e. The molecule has 1 aliphatic heterocycles. The minimum atomic E-state index is 0.242. The molecule has 0 amide bonds. The molecule has 0 saturated carbocycles. The van der Waals surface area contributed by atoms with Crippen molar-refractivity contribution in [3.8, 4) is 0 Å². The van der Waals surface area contributed by atoms with E-state index in [2.05, 4.69) is 15.6 Å². The van der Waals surface area contributed by atoms with Crippen LogP contribution in [0.25, 0.3) is 0 Å². The van der Waals surface area contributed by atoms with Crippen molar-refractivity contribution >= 4 is 17.4 Å². The van der Waals surface area contributed by atoms with Gasteiger partial charge >= 0.3 is 0 Å². The molecule has 1 saturated heterocycles. The highest BCUT2D eigenvalue weighted by atomic mass is 35.5. The van der Waals surface area contributed by atoms with Crippen molar-refractivity contribution in [2.24, 2.45) is 10.3 Å². The number of hydrogen-bond acceptors (Lipinski definition) is 3. The van der Waals surface area contributed by atoms with Gasteiger partial charge in [-0.3, -0.25) is 5.32 Å². The molecule has 1 atom stereocenters. The van der Waals surface area contributed by atoms with Crippen LogP contribution in [0.4, 0.5) is 0 Å². The number of halogens is 1. The normalized spacial score (nSPS) is 20.1. The van der Waals surface area contributed by atoms with Crippen molar-refractivity contribution in [1.29, 1.82) is 5.53 Å². The van der Waals surface area contributed by atoms with Crippen molar-refractivity contribution < 1.29 is 5.32 Å². The fraction of sp³-hybridized carbons (Fsp3) is 0.417. The van der Waals surface area contributed by atoms with Gasteiger partial charge < -0.3 is 5.32 Å². The van der Waals surface area contributed by atoms with Crippen molar-refractivity contribution in [2.45, 2.75) is 25.4 Å². The van der Waals surface area contributed by atoms with Crippen molar-refractivity contribution in [3.05, 3.63) is 34.9 Å². The molecular weight excluding hydrogens is 250 g/mol. The second-order valence-electron chi connectivity index (χ2n) is 4.31. The van der Waals surface area contributed by atoms with Gasteiger partial charge in [-0.1, -0.05) is 28.8 Å². The molecule has 0 aromatic heterocycles. The lowest BCUT2D eigenvalue weighted by molar-refractivity contribution is -0.560. The van der Waals surface area contributed by atoms with Gasteiger partial charge in [-0.15, -0.1) is 0 Å². The minimum absolute atomic E-state index is 0.242. The summed E-state index contributed by atoms with van der Waals surface area (Å²) in [5, 5.41) is 13.2. The number of quaternary nitrogens is 1. The Labute approximate surface area is 111 Å². The van der Waals surface area contributed by atoms with Gasteiger partial charge in [0.15, 0.2) is 0 Å². The lowest BCUT2D eigenvalue weighted by Crippen LogP contribution is -2.89. The van der Waals surface area contributed by atoms with Crippen molar-refractivity contribution in [1.82, 2.24) is 5.32 Å². The molecule has 0 spiro atoms. The van der Waals surface area contributed by atoms with Gasteiger partial charge in [0.2, 0.25) is 5.84 Å². The maximum Gasteiger partial charge on any atom is 0.238 e. The van der Waals surface area contributed by atoms with Gasteiger partial charge in [0.25, 0.3) is 0 Å². The Morgan fingerprint density at radius 2 is 2.22 bits per heavy atom. The highest BCUT2D eigenvalue weighted by molar-refractivity contribution is 6.30. The van der Waals surface area contributed by atoms with Crippen LogP contribution in [0.2, 0.25) is 5.02 Å². The van der Waals surface area contributed by atoms with Crippen LogP contribution in [0.5, 0.6) is 0 Å². The molecule has 0 bridgehead atoms. The third-order valence-electron chi connectivity index (χ3n) is 3.04. The molecule has 1 aromatic rings. The van der Waals surface area contributed by atoms with E-state index < -0.39 is 0 Å². The summed E-state index contributed by atoms with van der Waals surface area (Å²) >= 11 is 5.84. The van der Waals surface area contributed by atoms with E-state index in [0.29, 0.717) is 0 Å². The summed E-state index contributed by atoms with van der Waals surface area (Å²) in [5.74, 6) is 0.859. The Bertz CT molecular complexity index is 423. The van der Waals surface area contributed by atoms with Gasteiger partial charge in [-0.05, 0) is 36.7 Å². The predicted molar refractivity (Wildman–Crippen MR) is 70.7 cm³/mol. The highest BCUT2D eigenvalue weighted by Crippen LogP contribution is 2.08. The van der Waals surface area contributed by atoms with Crippen LogP contribution in [0.1, 0.15) is 18.4 Å². The molecule has 0 aliphatic carbocycles. The maximum absolute atomic E-state index is 6.88. The van der Waals surface area contributed by atoms with E-state index in [4.69, 9.17) is 17.1 Å². The van der Waals surface area contributed by atoms with Crippen LogP contribution in [-0.4, -0.2) is 18.4 Å². The zero-order valence-corrected chi connectivity index (χ0v) is 10.8. The van der Waals surface area contributed by atoms with E-state index in [9.17, 15) is 0 Å². The first-order chi connectivity index (χ1) is 8.79. The Hall–Kier alpha value is -1.30. The largest absolute Gasteiger partial charge is 0.304 e. The van der Waals surface area contributed by atoms with E-state index >= 15 is 0 Å². The zero-order valence-electron chi connectivity index (χ0n) is 10.1. The van der Waals surface area contributed by atoms with Gasteiger partial charge in [-0.25, -0.2) is 0 Å². The van der Waals surface area contributed by atoms with E-state index in [1.165, 1.54) is 5.56 Å². The molecule has 4 N–H and O–H groups in total.